The maximum atomic E-state index is 12.6. The summed E-state index contributed by atoms with van der Waals surface area (Å²) in [5.74, 6) is 0.284. The molecule has 1 atom stereocenters. The molecule has 3 nitrogen and oxygen atoms in total. The zero-order valence-electron chi connectivity index (χ0n) is 9.54. The predicted octanol–water partition coefficient (Wildman–Crippen LogP) is 2.66. The van der Waals surface area contributed by atoms with Crippen molar-refractivity contribution in [2.75, 3.05) is 13.7 Å². The van der Waals surface area contributed by atoms with Crippen LogP contribution in [0.25, 0.3) is 0 Å². The summed E-state index contributed by atoms with van der Waals surface area (Å²) in [5, 5.41) is 0. The van der Waals surface area contributed by atoms with Crippen molar-refractivity contribution >= 4 is 0 Å². The maximum Gasteiger partial charge on any atom is 0.407 e. The van der Waals surface area contributed by atoms with E-state index in [1.54, 1.807) is 6.92 Å². The van der Waals surface area contributed by atoms with Gasteiger partial charge in [-0.25, -0.2) is 0 Å². The fraction of sp³-hybridized carbons (Fsp3) is 0.455. The summed E-state index contributed by atoms with van der Waals surface area (Å²) in [7, 11) is 1.36. The van der Waals surface area contributed by atoms with Gasteiger partial charge in [0.05, 0.1) is 13.7 Å². The Balaban J connectivity index is 3.22. The number of hydrogen-bond donors (Lipinski definition) is 1. The molecule has 6 heteroatoms. The second kappa shape index (κ2) is 5.27. The molecule has 0 saturated carbocycles. The van der Waals surface area contributed by atoms with Crippen LogP contribution in [0.3, 0.4) is 0 Å². The normalized spacial score (nSPS) is 13.3. The molecule has 1 rings (SSSR count). The van der Waals surface area contributed by atoms with Crippen molar-refractivity contribution in [2.24, 2.45) is 5.73 Å². The minimum Gasteiger partial charge on any atom is -0.493 e. The Labute approximate surface area is 97.3 Å². The van der Waals surface area contributed by atoms with Crippen LogP contribution in [0.4, 0.5) is 13.2 Å². The topological polar surface area (TPSA) is 44.5 Å². The molecule has 0 heterocycles. The minimum absolute atomic E-state index is 0.0438. The molecule has 2 N–H and O–H groups in total. The van der Waals surface area contributed by atoms with Gasteiger partial charge in [0.2, 0.25) is 0 Å². The third-order valence-corrected chi connectivity index (χ3v) is 2.21. The average Bonchev–Trinajstić information content (AvgIpc) is 2.27. The first-order valence-corrected chi connectivity index (χ1v) is 5.03. The maximum absolute atomic E-state index is 12.6. The van der Waals surface area contributed by atoms with Crippen LogP contribution in [0.2, 0.25) is 0 Å². The Morgan fingerprint density at radius 3 is 2.47 bits per heavy atom. The van der Waals surface area contributed by atoms with Crippen LogP contribution in [0.15, 0.2) is 18.2 Å². The van der Waals surface area contributed by atoms with E-state index in [1.807, 2.05) is 0 Å². The number of para-hydroxylation sites is 1. The fourth-order valence-electron chi connectivity index (χ4n) is 1.41. The molecule has 0 aliphatic carbocycles. The van der Waals surface area contributed by atoms with Crippen molar-refractivity contribution in [2.45, 2.75) is 19.1 Å². The lowest BCUT2D eigenvalue weighted by Gasteiger charge is -2.20. The lowest BCUT2D eigenvalue weighted by molar-refractivity contribution is -0.149. The van der Waals surface area contributed by atoms with Gasteiger partial charge in [-0.05, 0) is 13.0 Å². The highest BCUT2D eigenvalue weighted by molar-refractivity contribution is 5.48. The molecule has 0 saturated heterocycles. The van der Waals surface area contributed by atoms with Gasteiger partial charge in [0.15, 0.2) is 11.5 Å². The second-order valence-corrected chi connectivity index (χ2v) is 3.33. The van der Waals surface area contributed by atoms with Gasteiger partial charge in [-0.1, -0.05) is 12.1 Å². The predicted molar refractivity (Wildman–Crippen MR) is 57.1 cm³/mol. The minimum atomic E-state index is -4.52. The lowest BCUT2D eigenvalue weighted by Crippen LogP contribution is -2.29. The van der Waals surface area contributed by atoms with Gasteiger partial charge >= 0.3 is 6.18 Å². The van der Waals surface area contributed by atoms with Crippen molar-refractivity contribution < 1.29 is 22.6 Å². The highest BCUT2D eigenvalue weighted by atomic mass is 19.4. The van der Waals surface area contributed by atoms with Crippen molar-refractivity contribution in [1.29, 1.82) is 0 Å². The number of ether oxygens (including phenoxy) is 2. The van der Waals surface area contributed by atoms with Crippen molar-refractivity contribution in [3.63, 3.8) is 0 Å². The largest absolute Gasteiger partial charge is 0.493 e. The van der Waals surface area contributed by atoms with Gasteiger partial charge in [-0.2, -0.15) is 13.2 Å². The molecule has 0 fully saturated rings. The second-order valence-electron chi connectivity index (χ2n) is 3.33. The molecular weight excluding hydrogens is 235 g/mol. The van der Waals surface area contributed by atoms with E-state index in [-0.39, 0.29) is 23.7 Å². The van der Waals surface area contributed by atoms with Crippen LogP contribution in [-0.2, 0) is 0 Å². The summed E-state index contributed by atoms with van der Waals surface area (Å²) < 4.78 is 47.8. The number of nitrogens with two attached hydrogens (primary N) is 1. The van der Waals surface area contributed by atoms with Gasteiger partial charge in [0.1, 0.15) is 6.04 Å². The van der Waals surface area contributed by atoms with Crippen molar-refractivity contribution in [3.05, 3.63) is 23.8 Å². The number of halogens is 3. The Morgan fingerprint density at radius 2 is 2.00 bits per heavy atom. The molecule has 17 heavy (non-hydrogen) atoms. The van der Waals surface area contributed by atoms with Gasteiger partial charge in [0, 0.05) is 5.56 Å². The fourth-order valence-corrected chi connectivity index (χ4v) is 1.41. The Kier molecular flexibility index (Phi) is 4.22. The highest BCUT2D eigenvalue weighted by Gasteiger charge is 2.40. The first-order valence-electron chi connectivity index (χ1n) is 5.03. The van der Waals surface area contributed by atoms with Crippen molar-refractivity contribution in [1.82, 2.24) is 0 Å². The van der Waals surface area contributed by atoms with E-state index in [1.165, 1.54) is 25.3 Å². The summed E-state index contributed by atoms with van der Waals surface area (Å²) >= 11 is 0. The Bertz CT molecular complexity index is 379. The molecule has 0 radical (unpaired) electrons. The highest BCUT2D eigenvalue weighted by Crippen LogP contribution is 2.40. The summed E-state index contributed by atoms with van der Waals surface area (Å²) in [4.78, 5) is 0. The SMILES string of the molecule is CCOc1c(OC)cccc1[C@@H](N)C(F)(F)F. The molecule has 0 unspecified atom stereocenters. The third-order valence-electron chi connectivity index (χ3n) is 2.21. The van der Waals surface area contributed by atoms with E-state index < -0.39 is 12.2 Å². The Morgan fingerprint density at radius 1 is 1.35 bits per heavy atom. The van der Waals surface area contributed by atoms with Crippen LogP contribution in [0.5, 0.6) is 11.5 Å². The molecule has 0 amide bonds. The van der Waals surface area contributed by atoms with E-state index in [0.717, 1.165) is 0 Å². The summed E-state index contributed by atoms with van der Waals surface area (Å²) in [6.07, 6.45) is -4.52. The first-order chi connectivity index (χ1) is 7.91. The van der Waals surface area contributed by atoms with Gasteiger partial charge < -0.3 is 15.2 Å². The van der Waals surface area contributed by atoms with E-state index in [0.29, 0.717) is 0 Å². The number of benzene rings is 1. The molecule has 0 aliphatic rings. The molecule has 0 aromatic heterocycles. The standard InChI is InChI=1S/C11H14F3NO2/c1-3-17-9-7(10(15)11(12,13)14)5-4-6-8(9)16-2/h4-6,10H,3,15H2,1-2H3/t10-/m1/s1. The number of hydrogen-bond acceptors (Lipinski definition) is 3. The van der Waals surface area contributed by atoms with E-state index in [2.05, 4.69) is 0 Å². The van der Waals surface area contributed by atoms with Gasteiger partial charge in [0.25, 0.3) is 0 Å². The summed E-state index contributed by atoms with van der Waals surface area (Å²) in [6, 6.07) is 2.17. The molecule has 1 aromatic rings. The monoisotopic (exact) mass is 249 g/mol. The van der Waals surface area contributed by atoms with E-state index in [9.17, 15) is 13.2 Å². The first kappa shape index (κ1) is 13.6. The summed E-state index contributed by atoms with van der Waals surface area (Å²) in [6.45, 7) is 1.91. The molecular formula is C11H14F3NO2. The van der Waals surface area contributed by atoms with Crippen LogP contribution < -0.4 is 15.2 Å². The zero-order valence-corrected chi connectivity index (χ0v) is 9.54. The Hall–Kier alpha value is -1.43. The number of rotatable bonds is 4. The number of methoxy groups -OCH3 is 1. The average molecular weight is 249 g/mol. The van der Waals surface area contributed by atoms with Crippen LogP contribution >= 0.6 is 0 Å². The quantitative estimate of drug-likeness (QED) is 0.892. The molecule has 1 aromatic carbocycles. The van der Waals surface area contributed by atoms with E-state index >= 15 is 0 Å². The molecule has 0 aliphatic heterocycles. The third kappa shape index (κ3) is 3.03. The smallest absolute Gasteiger partial charge is 0.407 e. The lowest BCUT2D eigenvalue weighted by atomic mass is 10.1. The molecule has 0 spiro atoms. The van der Waals surface area contributed by atoms with E-state index in [4.69, 9.17) is 15.2 Å². The molecule has 96 valence electrons. The number of alkyl halides is 3. The molecule has 0 bridgehead atoms. The zero-order chi connectivity index (χ0) is 13.1. The van der Waals surface area contributed by atoms with Crippen LogP contribution in [0, 0.1) is 0 Å². The summed E-state index contributed by atoms with van der Waals surface area (Å²) in [5.41, 5.74) is 5.04. The van der Waals surface area contributed by atoms with Crippen LogP contribution in [-0.4, -0.2) is 19.9 Å². The van der Waals surface area contributed by atoms with Gasteiger partial charge in [-0.15, -0.1) is 0 Å². The van der Waals surface area contributed by atoms with Crippen LogP contribution in [0.1, 0.15) is 18.5 Å². The van der Waals surface area contributed by atoms with Crippen molar-refractivity contribution in [3.8, 4) is 11.5 Å². The van der Waals surface area contributed by atoms with Gasteiger partial charge in [-0.3, -0.25) is 0 Å².